The largest absolute Gasteiger partial charge is 0.469 e. The zero-order valence-electron chi connectivity index (χ0n) is 7.76. The van der Waals surface area contributed by atoms with E-state index in [9.17, 15) is 19.7 Å². The van der Waals surface area contributed by atoms with Crippen LogP contribution in [0.25, 0.3) is 0 Å². The molecule has 7 nitrogen and oxygen atoms in total. The Balaban J connectivity index is 2.74. The second kappa shape index (κ2) is 4.36. The normalized spacial score (nSPS) is 9.67. The van der Waals surface area contributed by atoms with Gasteiger partial charge in [-0.2, -0.15) is 0 Å². The second-order valence-corrected chi connectivity index (χ2v) is 2.57. The van der Waals surface area contributed by atoms with E-state index in [-0.39, 0.29) is 5.76 Å². The van der Waals surface area contributed by atoms with Crippen molar-refractivity contribution in [2.45, 2.75) is 6.42 Å². The summed E-state index contributed by atoms with van der Waals surface area (Å²) in [6.07, 6.45) is -0.499. The molecule has 15 heavy (non-hydrogen) atoms. The van der Waals surface area contributed by atoms with Gasteiger partial charge < -0.3 is 9.15 Å². The number of hydrogen-bond donors (Lipinski definition) is 0. The van der Waals surface area contributed by atoms with Crippen LogP contribution in [0.15, 0.2) is 16.5 Å². The van der Waals surface area contributed by atoms with Crippen molar-refractivity contribution in [1.82, 2.24) is 0 Å². The molecule has 1 aromatic heterocycles. The molecule has 0 atom stereocenters. The fraction of sp³-hybridized carbons (Fsp3) is 0.250. The minimum Gasteiger partial charge on any atom is -0.469 e. The molecule has 0 N–H and O–H groups in total. The monoisotopic (exact) mass is 213 g/mol. The molecule has 0 amide bonds. The highest BCUT2D eigenvalue weighted by Crippen LogP contribution is 2.16. The molecule has 0 saturated carbocycles. The summed E-state index contributed by atoms with van der Waals surface area (Å²) in [6.45, 7) is 0. The van der Waals surface area contributed by atoms with Gasteiger partial charge in [0.2, 0.25) is 5.78 Å². The minimum absolute atomic E-state index is 0.230. The van der Waals surface area contributed by atoms with Gasteiger partial charge in [-0.25, -0.2) is 0 Å². The van der Waals surface area contributed by atoms with E-state index in [0.717, 1.165) is 19.2 Å². The Kier molecular flexibility index (Phi) is 3.17. The van der Waals surface area contributed by atoms with E-state index in [1.165, 1.54) is 0 Å². The first-order valence-corrected chi connectivity index (χ1v) is 3.89. The molecular weight excluding hydrogens is 206 g/mol. The molecule has 0 saturated heterocycles. The third-order valence-corrected chi connectivity index (χ3v) is 1.58. The zero-order chi connectivity index (χ0) is 11.4. The Morgan fingerprint density at radius 2 is 2.20 bits per heavy atom. The van der Waals surface area contributed by atoms with E-state index in [1.54, 1.807) is 0 Å². The van der Waals surface area contributed by atoms with Crippen LogP contribution in [0.5, 0.6) is 0 Å². The van der Waals surface area contributed by atoms with E-state index in [0.29, 0.717) is 0 Å². The fourth-order valence-corrected chi connectivity index (χ4v) is 0.866. The van der Waals surface area contributed by atoms with E-state index in [2.05, 4.69) is 9.15 Å². The summed E-state index contributed by atoms with van der Waals surface area (Å²) in [4.78, 5) is 31.4. The number of furan rings is 1. The van der Waals surface area contributed by atoms with Crippen molar-refractivity contribution in [2.24, 2.45) is 0 Å². The van der Waals surface area contributed by atoms with Gasteiger partial charge in [0.15, 0.2) is 5.76 Å². The van der Waals surface area contributed by atoms with E-state index in [4.69, 9.17) is 0 Å². The highest BCUT2D eigenvalue weighted by molar-refractivity contribution is 6.04. The third kappa shape index (κ3) is 2.63. The van der Waals surface area contributed by atoms with Gasteiger partial charge in [0.05, 0.1) is 13.2 Å². The standard InChI is InChI=1S/C8H7NO6/c1-14-8(11)4-5(10)6-2-3-7(15-6)9(12)13/h2-3H,4H2,1H3. The first kappa shape index (κ1) is 10.9. The molecular formula is C8H7NO6. The smallest absolute Gasteiger partial charge is 0.433 e. The van der Waals surface area contributed by atoms with Crippen LogP contribution in [0.1, 0.15) is 17.0 Å². The average molecular weight is 213 g/mol. The average Bonchev–Trinajstić information content (AvgIpc) is 2.66. The number of Topliss-reactive ketones (excluding diaryl/α,β-unsaturated/α-hetero) is 1. The van der Waals surface area contributed by atoms with Crippen LogP contribution in [-0.2, 0) is 9.53 Å². The van der Waals surface area contributed by atoms with Gasteiger partial charge in [-0.1, -0.05) is 0 Å². The summed E-state index contributed by atoms with van der Waals surface area (Å²) in [5.74, 6) is -2.15. The van der Waals surface area contributed by atoms with E-state index < -0.39 is 29.0 Å². The maximum Gasteiger partial charge on any atom is 0.433 e. The molecule has 0 bridgehead atoms. The molecule has 0 aliphatic carbocycles. The number of esters is 1. The predicted octanol–water partition coefficient (Wildman–Crippen LogP) is 0.934. The number of nitrogens with zero attached hydrogens (tertiary/aromatic N) is 1. The Labute approximate surface area is 83.8 Å². The van der Waals surface area contributed by atoms with Crippen molar-refractivity contribution in [1.29, 1.82) is 0 Å². The zero-order valence-corrected chi connectivity index (χ0v) is 7.76. The number of methoxy groups -OCH3 is 1. The second-order valence-electron chi connectivity index (χ2n) is 2.57. The van der Waals surface area contributed by atoms with E-state index in [1.807, 2.05) is 0 Å². The Hall–Kier alpha value is -2.18. The van der Waals surface area contributed by atoms with Gasteiger partial charge in [0.25, 0.3) is 0 Å². The molecule has 80 valence electrons. The van der Waals surface area contributed by atoms with Crippen LogP contribution in [0, 0.1) is 10.1 Å². The topological polar surface area (TPSA) is 99.7 Å². The molecule has 0 radical (unpaired) electrons. The summed E-state index contributed by atoms with van der Waals surface area (Å²) in [5.41, 5.74) is 0. The van der Waals surface area contributed by atoms with Crippen molar-refractivity contribution >= 4 is 17.6 Å². The minimum atomic E-state index is -0.769. The molecule has 1 heterocycles. The summed E-state index contributed by atoms with van der Waals surface area (Å²) in [6, 6.07) is 2.19. The van der Waals surface area contributed by atoms with Crippen LogP contribution < -0.4 is 0 Å². The van der Waals surface area contributed by atoms with Gasteiger partial charge in [0.1, 0.15) is 11.3 Å². The summed E-state index contributed by atoms with van der Waals surface area (Å²) < 4.78 is 8.86. The molecule has 0 unspecified atom stereocenters. The van der Waals surface area contributed by atoms with Crippen LogP contribution in [0.2, 0.25) is 0 Å². The lowest BCUT2D eigenvalue weighted by Crippen LogP contribution is -2.08. The van der Waals surface area contributed by atoms with Gasteiger partial charge in [0, 0.05) is 0 Å². The number of ketones is 1. The van der Waals surface area contributed by atoms with Gasteiger partial charge in [-0.3, -0.25) is 19.7 Å². The van der Waals surface area contributed by atoms with Gasteiger partial charge in [-0.05, 0) is 6.07 Å². The van der Waals surface area contributed by atoms with E-state index >= 15 is 0 Å². The third-order valence-electron chi connectivity index (χ3n) is 1.58. The van der Waals surface area contributed by atoms with Crippen LogP contribution >= 0.6 is 0 Å². The Bertz CT molecular complexity index is 407. The van der Waals surface area contributed by atoms with Gasteiger partial charge >= 0.3 is 11.9 Å². The predicted molar refractivity (Wildman–Crippen MR) is 46.3 cm³/mol. The number of carbonyl (C=O) groups is 2. The first-order chi connectivity index (χ1) is 7.04. The number of nitro groups is 1. The lowest BCUT2D eigenvalue weighted by Gasteiger charge is -1.94. The number of rotatable bonds is 4. The first-order valence-electron chi connectivity index (χ1n) is 3.89. The quantitative estimate of drug-likeness (QED) is 0.242. The molecule has 7 heteroatoms. The molecule has 0 fully saturated rings. The van der Waals surface area contributed by atoms with Crippen molar-refractivity contribution in [2.75, 3.05) is 7.11 Å². The van der Waals surface area contributed by atoms with Crippen molar-refractivity contribution in [3.05, 3.63) is 28.0 Å². The maximum atomic E-state index is 11.2. The number of carbonyl (C=O) groups excluding carboxylic acids is 2. The molecule has 1 aromatic rings. The fourth-order valence-electron chi connectivity index (χ4n) is 0.866. The van der Waals surface area contributed by atoms with Crippen molar-refractivity contribution < 1.29 is 23.7 Å². The molecule has 1 rings (SSSR count). The number of hydrogen-bond acceptors (Lipinski definition) is 6. The van der Waals surface area contributed by atoms with Crippen LogP contribution in [-0.4, -0.2) is 23.8 Å². The molecule has 0 aliphatic rings. The lowest BCUT2D eigenvalue weighted by atomic mass is 10.2. The summed E-state index contributed by atoms with van der Waals surface area (Å²) in [7, 11) is 1.14. The maximum absolute atomic E-state index is 11.2. The van der Waals surface area contributed by atoms with Crippen LogP contribution in [0.4, 0.5) is 5.88 Å². The lowest BCUT2D eigenvalue weighted by molar-refractivity contribution is -0.402. The SMILES string of the molecule is COC(=O)CC(=O)c1ccc([N+](=O)[O-])o1. The molecule has 0 spiro atoms. The van der Waals surface area contributed by atoms with Crippen molar-refractivity contribution in [3.63, 3.8) is 0 Å². The van der Waals surface area contributed by atoms with Gasteiger partial charge in [-0.15, -0.1) is 0 Å². The Morgan fingerprint density at radius 3 is 2.67 bits per heavy atom. The molecule has 0 aliphatic heterocycles. The Morgan fingerprint density at radius 1 is 1.53 bits per heavy atom. The summed E-state index contributed by atoms with van der Waals surface area (Å²) >= 11 is 0. The number of ether oxygens (including phenoxy) is 1. The highest BCUT2D eigenvalue weighted by Gasteiger charge is 2.19. The molecule has 0 aromatic carbocycles. The van der Waals surface area contributed by atoms with Crippen LogP contribution in [0.3, 0.4) is 0 Å². The van der Waals surface area contributed by atoms with Crippen molar-refractivity contribution in [3.8, 4) is 0 Å². The highest BCUT2D eigenvalue weighted by atomic mass is 16.6. The summed E-state index contributed by atoms with van der Waals surface area (Å²) in [5, 5.41) is 10.2.